The summed E-state index contributed by atoms with van der Waals surface area (Å²) >= 11 is 5.96. The van der Waals surface area contributed by atoms with E-state index in [1.807, 2.05) is 52.0 Å². The molecule has 0 saturated carbocycles. The van der Waals surface area contributed by atoms with Gasteiger partial charge in [0.25, 0.3) is 5.91 Å². The molecule has 11 nitrogen and oxygen atoms in total. The number of anilines is 2. The number of carbonyl (C=O) groups excluding carboxylic acids is 1. The van der Waals surface area contributed by atoms with Gasteiger partial charge in [0, 0.05) is 19.6 Å². The molecule has 0 fully saturated rings. The van der Waals surface area contributed by atoms with E-state index in [1.54, 1.807) is 17.0 Å². The van der Waals surface area contributed by atoms with E-state index in [1.165, 1.54) is 12.1 Å². The Kier molecular flexibility index (Phi) is 10.6. The Hall–Kier alpha value is -3.77. The predicted molar refractivity (Wildman–Crippen MR) is 157 cm³/mol. The lowest BCUT2D eigenvalue weighted by atomic mass is 9.95. The Morgan fingerprint density at radius 3 is 2.34 bits per heavy atom. The summed E-state index contributed by atoms with van der Waals surface area (Å²) in [5.41, 5.74) is 13.8. The molecule has 1 amide bonds. The summed E-state index contributed by atoms with van der Waals surface area (Å²) in [5.74, 6) is -1.99. The summed E-state index contributed by atoms with van der Waals surface area (Å²) in [4.78, 5) is 33.9. The third-order valence-corrected chi connectivity index (χ3v) is 6.57. The largest absolute Gasteiger partial charge is 0.478 e. The number of hydrogen-bond donors (Lipinski definition) is 5. The first-order chi connectivity index (χ1) is 19.2. The zero-order valence-corrected chi connectivity index (χ0v) is 24.4. The number of carboxylic acids is 1. The number of aromatic carboxylic acids is 1. The third kappa shape index (κ3) is 9.39. The van der Waals surface area contributed by atoms with Crippen molar-refractivity contribution in [2.75, 3.05) is 24.6 Å². The van der Waals surface area contributed by atoms with Crippen LogP contribution in [0, 0.1) is 12.8 Å². The van der Waals surface area contributed by atoms with Gasteiger partial charge in [-0.25, -0.2) is 14.8 Å². The number of hydrogen-bond acceptors (Lipinski definition) is 9. The van der Waals surface area contributed by atoms with Gasteiger partial charge in [-0.2, -0.15) is 0 Å². The number of nitrogens with two attached hydrogens (primary N) is 2. The van der Waals surface area contributed by atoms with Crippen LogP contribution in [0.15, 0.2) is 48.5 Å². The monoisotopic (exact) mass is 584 g/mol. The van der Waals surface area contributed by atoms with Gasteiger partial charge >= 0.3 is 5.97 Å². The number of halogens is 1. The van der Waals surface area contributed by atoms with Gasteiger partial charge in [-0.3, -0.25) is 9.69 Å². The van der Waals surface area contributed by atoms with Crippen molar-refractivity contribution in [1.82, 2.24) is 20.2 Å². The van der Waals surface area contributed by atoms with Crippen LogP contribution >= 0.6 is 11.6 Å². The Bertz CT molecular complexity index is 1360. The first-order valence-corrected chi connectivity index (χ1v) is 13.4. The van der Waals surface area contributed by atoms with E-state index >= 15 is 0 Å². The highest BCUT2D eigenvalue weighted by Crippen LogP contribution is 2.21. The molecular weight excluding hydrogens is 548 g/mol. The zero-order chi connectivity index (χ0) is 30.3. The maximum absolute atomic E-state index is 13.0. The lowest BCUT2D eigenvalue weighted by Gasteiger charge is -2.35. The van der Waals surface area contributed by atoms with Crippen molar-refractivity contribution in [3.63, 3.8) is 0 Å². The Labute approximate surface area is 244 Å². The van der Waals surface area contributed by atoms with Gasteiger partial charge in [0.15, 0.2) is 22.5 Å². The first kappa shape index (κ1) is 31.8. The summed E-state index contributed by atoms with van der Waals surface area (Å²) in [7, 11) is 0. The molecule has 0 saturated heterocycles. The minimum absolute atomic E-state index is 0.0713. The van der Waals surface area contributed by atoms with Gasteiger partial charge in [0.05, 0.1) is 11.2 Å². The quantitative estimate of drug-likeness (QED) is 0.198. The van der Waals surface area contributed by atoms with Crippen LogP contribution in [0.1, 0.15) is 58.3 Å². The second-order valence-corrected chi connectivity index (χ2v) is 11.2. The van der Waals surface area contributed by atoms with Crippen molar-refractivity contribution >= 4 is 35.1 Å². The van der Waals surface area contributed by atoms with E-state index in [0.717, 1.165) is 16.7 Å². The average Bonchev–Trinajstić information content (AvgIpc) is 2.89. The van der Waals surface area contributed by atoms with E-state index in [9.17, 15) is 19.8 Å². The fourth-order valence-electron chi connectivity index (χ4n) is 4.22. The maximum atomic E-state index is 13.0. The highest BCUT2D eigenvalue weighted by Gasteiger charge is 2.27. The van der Waals surface area contributed by atoms with Crippen molar-refractivity contribution in [2.45, 2.75) is 52.7 Å². The summed E-state index contributed by atoms with van der Waals surface area (Å²) in [6.45, 7) is 8.31. The lowest BCUT2D eigenvalue weighted by Crippen LogP contribution is -2.46. The van der Waals surface area contributed by atoms with Gasteiger partial charge in [-0.05, 0) is 68.9 Å². The van der Waals surface area contributed by atoms with Crippen LogP contribution in [0.3, 0.4) is 0 Å². The topological polar surface area (TPSA) is 177 Å². The Morgan fingerprint density at radius 1 is 1.07 bits per heavy atom. The average molecular weight is 585 g/mol. The normalized spacial score (nSPS) is 13.1. The van der Waals surface area contributed by atoms with Crippen LogP contribution < -0.4 is 16.8 Å². The summed E-state index contributed by atoms with van der Waals surface area (Å²) < 4.78 is 5.88. The molecule has 0 spiro atoms. The third-order valence-electron chi connectivity index (χ3n) is 6.29. The smallest absolute Gasteiger partial charge is 0.335 e. The predicted octanol–water partition coefficient (Wildman–Crippen LogP) is 3.48. The number of amides is 1. The van der Waals surface area contributed by atoms with Crippen molar-refractivity contribution in [2.24, 2.45) is 5.92 Å². The number of carboxylic acid groups (broad SMARTS) is 1. The number of nitrogens with one attached hydrogen (secondary N) is 1. The molecule has 220 valence electrons. The minimum atomic E-state index is -1.28. The van der Waals surface area contributed by atoms with E-state index < -0.39 is 23.9 Å². The number of benzene rings is 2. The lowest BCUT2D eigenvalue weighted by molar-refractivity contribution is -0.243. The molecule has 3 rings (SSSR count). The maximum Gasteiger partial charge on any atom is 0.335 e. The highest BCUT2D eigenvalue weighted by atomic mass is 35.5. The molecule has 12 heteroatoms. The van der Waals surface area contributed by atoms with Crippen LogP contribution in [-0.4, -0.2) is 62.1 Å². The molecule has 2 aromatic carbocycles. The zero-order valence-electron chi connectivity index (χ0n) is 23.6. The van der Waals surface area contributed by atoms with E-state index in [-0.39, 0.29) is 47.1 Å². The standard InChI is InChI=1S/C29H37ClN6O5/c1-17-7-5-6-8-21(17)13-19(14-33-26(37)22-24(31)35-25(32)23(30)34-22)16-36(28(40)41-29(2,3)4)15-18-9-11-20(12-10-18)27(38)39/h5-12,19,28,40H,13-16H2,1-4H3,(H,33,37)(H,38,39)(H4,31,32,35)/t19-,28?/m0/s1. The fraction of sp³-hybridized carbons (Fsp3) is 0.379. The summed E-state index contributed by atoms with van der Waals surface area (Å²) in [6.07, 6.45) is -0.700. The number of aliphatic hydroxyl groups is 1. The second kappa shape index (κ2) is 13.7. The Morgan fingerprint density at radius 2 is 1.73 bits per heavy atom. The van der Waals surface area contributed by atoms with E-state index in [0.29, 0.717) is 13.0 Å². The first-order valence-electron chi connectivity index (χ1n) is 13.1. The van der Waals surface area contributed by atoms with Crippen LogP contribution in [0.5, 0.6) is 0 Å². The van der Waals surface area contributed by atoms with Crippen LogP contribution in [0.25, 0.3) is 0 Å². The molecule has 41 heavy (non-hydrogen) atoms. The molecule has 0 radical (unpaired) electrons. The minimum Gasteiger partial charge on any atom is -0.478 e. The number of nitrogens with zero attached hydrogens (tertiary/aromatic N) is 3. The number of ether oxygens (including phenoxy) is 1. The molecule has 7 N–H and O–H groups in total. The van der Waals surface area contributed by atoms with Crippen LogP contribution in [-0.2, 0) is 17.7 Å². The van der Waals surface area contributed by atoms with Gasteiger partial charge in [0.1, 0.15) is 0 Å². The number of rotatable bonds is 12. The molecule has 1 aromatic heterocycles. The Balaban J connectivity index is 1.88. The van der Waals surface area contributed by atoms with Crippen molar-refractivity contribution in [3.8, 4) is 0 Å². The molecule has 2 atom stereocenters. The number of aromatic nitrogens is 2. The SMILES string of the molecule is Cc1ccccc1C[C@@H](CNC(=O)c1nc(Cl)c(N)nc1N)CN(Cc1ccc(C(=O)O)cc1)C(O)OC(C)(C)C. The van der Waals surface area contributed by atoms with Gasteiger partial charge in [-0.1, -0.05) is 48.0 Å². The molecule has 1 unspecified atom stereocenters. The van der Waals surface area contributed by atoms with Gasteiger partial charge in [0.2, 0.25) is 6.41 Å². The van der Waals surface area contributed by atoms with Crippen LogP contribution in [0.2, 0.25) is 5.15 Å². The summed E-state index contributed by atoms with van der Waals surface area (Å²) in [6, 6.07) is 14.4. The molecule has 1 heterocycles. The van der Waals surface area contributed by atoms with Crippen molar-refractivity contribution in [1.29, 1.82) is 0 Å². The number of nitrogen functional groups attached to an aromatic ring is 2. The van der Waals surface area contributed by atoms with Crippen LogP contribution in [0.4, 0.5) is 11.6 Å². The highest BCUT2D eigenvalue weighted by molar-refractivity contribution is 6.31. The number of carbonyl (C=O) groups is 2. The van der Waals surface area contributed by atoms with Crippen molar-refractivity contribution < 1.29 is 24.5 Å². The molecule has 0 aliphatic heterocycles. The number of aliphatic hydroxyl groups excluding tert-OH is 1. The fourth-order valence-corrected chi connectivity index (χ4v) is 4.35. The molecule has 0 bridgehead atoms. The molecule has 3 aromatic rings. The summed E-state index contributed by atoms with van der Waals surface area (Å²) in [5, 5.41) is 23.1. The molecular formula is C29H37ClN6O5. The molecule has 0 aliphatic carbocycles. The second-order valence-electron chi connectivity index (χ2n) is 10.8. The van der Waals surface area contributed by atoms with E-state index in [2.05, 4.69) is 15.3 Å². The van der Waals surface area contributed by atoms with Gasteiger partial charge in [-0.15, -0.1) is 0 Å². The van der Waals surface area contributed by atoms with Crippen molar-refractivity contribution in [3.05, 3.63) is 81.6 Å². The van der Waals surface area contributed by atoms with Gasteiger partial charge < -0.3 is 31.7 Å². The number of aryl methyl sites for hydroxylation is 1. The molecule has 0 aliphatic rings. The van der Waals surface area contributed by atoms with E-state index in [4.69, 9.17) is 27.8 Å².